The fourth-order valence-electron chi connectivity index (χ4n) is 4.86. The zero-order valence-corrected chi connectivity index (χ0v) is 21.5. The quantitative estimate of drug-likeness (QED) is 0.470. The van der Waals surface area contributed by atoms with Crippen LogP contribution < -0.4 is 16.4 Å². The van der Waals surface area contributed by atoms with Crippen LogP contribution in [0.1, 0.15) is 102 Å². The van der Waals surface area contributed by atoms with Crippen molar-refractivity contribution in [3.05, 3.63) is 0 Å². The van der Waals surface area contributed by atoms with Crippen molar-refractivity contribution in [3.63, 3.8) is 0 Å². The highest BCUT2D eigenvalue weighted by atomic mass is 15.3. The fourth-order valence-corrected chi connectivity index (χ4v) is 4.86. The molecule has 0 spiro atoms. The topological polar surface area (TPSA) is 94.0 Å². The lowest BCUT2D eigenvalue weighted by Crippen LogP contribution is -2.28. The minimum atomic E-state index is 0. The van der Waals surface area contributed by atoms with Crippen molar-refractivity contribution in [1.82, 2.24) is 15.0 Å². The van der Waals surface area contributed by atoms with E-state index in [0.717, 1.165) is 24.9 Å². The fraction of sp³-hybridized carbons (Fsp3) is 0.880. The summed E-state index contributed by atoms with van der Waals surface area (Å²) in [5.74, 6) is 3.77. The first-order chi connectivity index (χ1) is 14.1. The third-order valence-corrected chi connectivity index (χ3v) is 5.90. The molecule has 1 aliphatic heterocycles. The van der Waals surface area contributed by atoms with E-state index in [2.05, 4.69) is 61.4 Å². The Hall–Kier alpha value is -1.59. The Labute approximate surface area is 194 Å². The number of hydrogen-bond acceptors (Lipinski definition) is 6. The maximum absolute atomic E-state index is 5.75. The predicted molar refractivity (Wildman–Crippen MR) is 139 cm³/mol. The number of hydrogen-bond donors (Lipinski definition) is 2. The molecule has 184 valence electrons. The molecular formula is C25H54N6. The van der Waals surface area contributed by atoms with Crippen LogP contribution >= 0.6 is 0 Å². The summed E-state index contributed by atoms with van der Waals surface area (Å²) in [5, 5.41) is 0. The molecule has 1 aliphatic rings. The van der Waals surface area contributed by atoms with Crippen LogP contribution in [-0.4, -0.2) is 28.0 Å². The average Bonchev–Trinajstić information content (AvgIpc) is 3.03. The SMILES string of the molecule is C.CC.CC.CCC(C)CC(C)(CC(C)C)CC1CN(c2nc(N)nc(N)n2)CC1C. The molecule has 1 aromatic rings. The Morgan fingerprint density at radius 1 is 0.968 bits per heavy atom. The van der Waals surface area contributed by atoms with Gasteiger partial charge in [-0.1, -0.05) is 83.1 Å². The zero-order chi connectivity index (χ0) is 23.5. The molecule has 4 N–H and O–H groups in total. The molecule has 6 heteroatoms. The van der Waals surface area contributed by atoms with Crippen LogP contribution in [0.4, 0.5) is 17.8 Å². The first-order valence-electron chi connectivity index (χ1n) is 12.1. The first kappa shape index (κ1) is 31.6. The highest BCUT2D eigenvalue weighted by Gasteiger charge is 2.37. The van der Waals surface area contributed by atoms with Crippen LogP contribution in [0, 0.1) is 29.1 Å². The standard InChI is InChI=1S/C20H38N6.2C2H6.CH4/c1-7-14(4)9-20(6,8-13(2)3)10-16-12-26(11-15(16)5)19-24-17(21)23-18(22)25-19;2*1-2;/h13-16H,7-12H2,1-6H3,(H4,21,22,23,24,25);2*1-2H3;1H4. The van der Waals surface area contributed by atoms with Gasteiger partial charge in [-0.15, -0.1) is 0 Å². The molecule has 1 fully saturated rings. The Bertz CT molecular complexity index is 571. The van der Waals surface area contributed by atoms with Crippen molar-refractivity contribution in [2.24, 2.45) is 29.1 Å². The molecule has 2 rings (SSSR count). The van der Waals surface area contributed by atoms with Crippen molar-refractivity contribution in [2.45, 2.75) is 102 Å². The van der Waals surface area contributed by atoms with E-state index < -0.39 is 0 Å². The van der Waals surface area contributed by atoms with E-state index in [9.17, 15) is 0 Å². The number of nitrogens with zero attached hydrogens (tertiary/aromatic N) is 4. The normalized spacial score (nSPS) is 20.5. The number of anilines is 3. The minimum Gasteiger partial charge on any atom is -0.368 e. The summed E-state index contributed by atoms with van der Waals surface area (Å²) in [6, 6.07) is 0. The minimum absolute atomic E-state index is 0. The van der Waals surface area contributed by atoms with Crippen LogP contribution in [0.25, 0.3) is 0 Å². The van der Waals surface area contributed by atoms with Gasteiger partial charge in [0, 0.05) is 13.1 Å². The van der Waals surface area contributed by atoms with Gasteiger partial charge in [0.15, 0.2) is 0 Å². The molecule has 0 amide bonds. The molecule has 0 bridgehead atoms. The van der Waals surface area contributed by atoms with Crippen LogP contribution in [0.2, 0.25) is 0 Å². The van der Waals surface area contributed by atoms with Crippen LogP contribution in [0.15, 0.2) is 0 Å². The van der Waals surface area contributed by atoms with Crippen LogP contribution in [0.3, 0.4) is 0 Å². The van der Waals surface area contributed by atoms with Gasteiger partial charge >= 0.3 is 0 Å². The van der Waals surface area contributed by atoms with E-state index in [1.54, 1.807) is 0 Å². The van der Waals surface area contributed by atoms with E-state index in [-0.39, 0.29) is 19.3 Å². The van der Waals surface area contributed by atoms with Gasteiger partial charge < -0.3 is 16.4 Å². The Morgan fingerprint density at radius 2 is 1.48 bits per heavy atom. The predicted octanol–water partition coefficient (Wildman–Crippen LogP) is 6.68. The molecular weight excluding hydrogens is 384 g/mol. The van der Waals surface area contributed by atoms with Crippen molar-refractivity contribution < 1.29 is 0 Å². The first-order valence-corrected chi connectivity index (χ1v) is 12.1. The zero-order valence-electron chi connectivity index (χ0n) is 21.5. The lowest BCUT2D eigenvalue weighted by atomic mass is 9.68. The second-order valence-electron chi connectivity index (χ2n) is 9.32. The molecule has 6 nitrogen and oxygen atoms in total. The molecule has 31 heavy (non-hydrogen) atoms. The van der Waals surface area contributed by atoms with Crippen molar-refractivity contribution in [2.75, 3.05) is 29.5 Å². The lowest BCUT2D eigenvalue weighted by molar-refractivity contribution is 0.145. The van der Waals surface area contributed by atoms with Crippen molar-refractivity contribution in [3.8, 4) is 0 Å². The number of rotatable bonds is 8. The molecule has 0 radical (unpaired) electrons. The van der Waals surface area contributed by atoms with E-state index in [4.69, 9.17) is 11.5 Å². The Morgan fingerprint density at radius 3 is 1.94 bits per heavy atom. The summed E-state index contributed by atoms with van der Waals surface area (Å²) < 4.78 is 0. The van der Waals surface area contributed by atoms with Gasteiger partial charge in [-0.2, -0.15) is 15.0 Å². The average molecular weight is 439 g/mol. The monoisotopic (exact) mass is 438 g/mol. The van der Waals surface area contributed by atoms with E-state index in [1.165, 1.54) is 25.7 Å². The van der Waals surface area contributed by atoms with Crippen LogP contribution in [0.5, 0.6) is 0 Å². The summed E-state index contributed by atoms with van der Waals surface area (Å²) >= 11 is 0. The van der Waals surface area contributed by atoms with Gasteiger partial charge in [0.25, 0.3) is 0 Å². The number of aromatic nitrogens is 3. The van der Waals surface area contributed by atoms with E-state index >= 15 is 0 Å². The molecule has 4 unspecified atom stereocenters. The van der Waals surface area contributed by atoms with Crippen LogP contribution in [-0.2, 0) is 0 Å². The van der Waals surface area contributed by atoms with E-state index in [1.807, 2.05) is 27.7 Å². The maximum Gasteiger partial charge on any atom is 0.231 e. The highest BCUT2D eigenvalue weighted by molar-refractivity contribution is 5.40. The molecule has 0 aromatic carbocycles. The van der Waals surface area contributed by atoms with Gasteiger partial charge in [-0.3, -0.25) is 0 Å². The Kier molecular flexibility index (Phi) is 15.5. The van der Waals surface area contributed by atoms with Gasteiger partial charge in [0.2, 0.25) is 17.8 Å². The maximum atomic E-state index is 5.75. The van der Waals surface area contributed by atoms with Gasteiger partial charge in [0.05, 0.1) is 0 Å². The van der Waals surface area contributed by atoms with E-state index in [0.29, 0.717) is 23.2 Å². The third-order valence-electron chi connectivity index (χ3n) is 5.90. The summed E-state index contributed by atoms with van der Waals surface area (Å²) in [5.41, 5.74) is 11.9. The molecule has 0 saturated carbocycles. The second-order valence-corrected chi connectivity index (χ2v) is 9.32. The van der Waals surface area contributed by atoms with Crippen molar-refractivity contribution >= 4 is 17.8 Å². The van der Waals surface area contributed by atoms with Gasteiger partial charge in [-0.05, 0) is 48.3 Å². The number of nitrogens with two attached hydrogens (primary N) is 2. The summed E-state index contributed by atoms with van der Waals surface area (Å²) in [4.78, 5) is 14.7. The molecule has 4 atom stereocenters. The lowest BCUT2D eigenvalue weighted by Gasteiger charge is -2.37. The Balaban J connectivity index is 0. The molecule has 1 saturated heterocycles. The highest BCUT2D eigenvalue weighted by Crippen LogP contribution is 2.43. The largest absolute Gasteiger partial charge is 0.368 e. The summed E-state index contributed by atoms with van der Waals surface area (Å²) in [6.07, 6.45) is 5.09. The second kappa shape index (κ2) is 15.3. The summed E-state index contributed by atoms with van der Waals surface area (Å²) in [6.45, 7) is 24.1. The molecule has 1 aromatic heterocycles. The molecule has 2 heterocycles. The summed E-state index contributed by atoms with van der Waals surface area (Å²) in [7, 11) is 0. The third kappa shape index (κ3) is 10.5. The number of nitrogen functional groups attached to an aromatic ring is 2. The van der Waals surface area contributed by atoms with Gasteiger partial charge in [-0.25, -0.2) is 0 Å². The van der Waals surface area contributed by atoms with Gasteiger partial charge in [0.1, 0.15) is 0 Å². The molecule has 0 aliphatic carbocycles. The smallest absolute Gasteiger partial charge is 0.231 e. The van der Waals surface area contributed by atoms with Crippen molar-refractivity contribution in [1.29, 1.82) is 0 Å².